The van der Waals surface area contributed by atoms with Gasteiger partial charge in [-0.05, 0) is 99.0 Å². The van der Waals surface area contributed by atoms with Gasteiger partial charge in [0, 0.05) is 13.0 Å². The second kappa shape index (κ2) is 46.9. The highest BCUT2D eigenvalue weighted by molar-refractivity contribution is 6.99. The summed E-state index contributed by atoms with van der Waals surface area (Å²) in [7, 11) is -2.06. The summed E-state index contributed by atoms with van der Waals surface area (Å²) in [6.45, 7) is 5.75. The summed E-state index contributed by atoms with van der Waals surface area (Å²) < 4.78 is 112. The minimum Gasteiger partial charge on any atom is -0.469 e. The van der Waals surface area contributed by atoms with Crippen molar-refractivity contribution in [3.05, 3.63) is 348 Å². The van der Waals surface area contributed by atoms with Gasteiger partial charge < -0.3 is 75.5 Å². The first-order valence-electron chi connectivity index (χ1n) is 43.0. The Morgan fingerprint density at radius 2 is 0.621 bits per heavy atom. The molecule has 0 saturated carbocycles. The summed E-state index contributed by atoms with van der Waals surface area (Å²) in [5, 5.41) is 1.46. The van der Waals surface area contributed by atoms with Crippen molar-refractivity contribution in [1.82, 2.24) is 0 Å². The Morgan fingerprint density at radius 3 is 1.02 bits per heavy atom. The molecule has 14 atom stereocenters. The molecule has 10 aromatic rings. The number of unbranched alkanes of at least 4 members (excludes halogenated alkanes) is 8. The monoisotopic (exact) mass is 1700 g/mol. The lowest BCUT2D eigenvalue weighted by molar-refractivity contribution is -0.361. The standard InChI is InChI=1S/C102H112O21Si/c1-102(2,3)124(81-60-38-20-39-61-81,82-62-40-21-41-63-82)116-72-85-88(111-67-74-46-24-13-25-47-74)91(113-69-76-50-28-15-29-51-76)94(123-101-92(121-97(106)79-56-34-18-35-57-79)89(120-96(105)78-54-32-17-33-55-78)84(119-101)70-114-95(104)77-52-30-16-31-53-77)100(118-85)115-71-83-87(110-66-73-44-22-12-23-45-73)90(112-68-75-48-26-14-27-49-75)93(122-98(107)80-58-36-19-37-59-80)99(117-83)109-65-43-11-9-7-5-6-8-10-42-64-86(103)108-4/h12-41,44-63,83-85,87-94,99-101H,5-11,42-43,64-72H2,1-4H3/t83-,84+,85-,87+,88+,89+,90+,91+,92-,93-,94-,99-,100-,101+/m1/s1. The zero-order chi connectivity index (χ0) is 86.1. The van der Waals surface area contributed by atoms with Crippen molar-refractivity contribution in [2.24, 2.45) is 0 Å². The quantitative estimate of drug-likeness (QED) is 0.0149. The van der Waals surface area contributed by atoms with E-state index in [1.165, 1.54) is 7.11 Å². The Bertz CT molecular complexity index is 4780. The summed E-state index contributed by atoms with van der Waals surface area (Å²) in [5.74, 6) is -3.20. The molecule has 0 aliphatic carbocycles. The lowest BCUT2D eigenvalue weighted by atomic mass is 9.96. The molecular formula is C102H112O21Si. The van der Waals surface area contributed by atoms with Gasteiger partial charge in [0.15, 0.2) is 37.2 Å². The van der Waals surface area contributed by atoms with E-state index in [4.69, 9.17) is 75.5 Å². The molecule has 13 rings (SSSR count). The zero-order valence-corrected chi connectivity index (χ0v) is 71.8. The highest BCUT2D eigenvalue weighted by Crippen LogP contribution is 2.42. The first-order valence-corrected chi connectivity index (χ1v) is 44.9. The fraction of sp³-hybridized carbons (Fsp3) is 0.363. The number of ether oxygens (including phenoxy) is 15. The van der Waals surface area contributed by atoms with E-state index in [9.17, 15) is 19.2 Å². The lowest BCUT2D eigenvalue weighted by Gasteiger charge is -2.49. The van der Waals surface area contributed by atoms with Crippen LogP contribution in [0.2, 0.25) is 5.04 Å². The van der Waals surface area contributed by atoms with Gasteiger partial charge in [0.25, 0.3) is 8.32 Å². The molecule has 22 heteroatoms. The van der Waals surface area contributed by atoms with Crippen LogP contribution in [-0.4, -0.2) is 158 Å². The predicted octanol–water partition coefficient (Wildman–Crippen LogP) is 17.1. The SMILES string of the molecule is COC(=O)CCCCCCCCCCCO[C@@H]1O[C@H](CO[C@@H]2O[C@H](CO[Si](c3ccccc3)(c3ccccc3)C(C)(C)C)[C@H](OCc3ccccc3)[C@H](OCc3ccccc3)[C@H]2O[C@@H]2O[C@@H](COC(=O)c3ccccc3)[C@H](OC(=O)c3ccccc3)[C@H]2OC(=O)c2ccccc2)[C@H](OCc2ccccc2)[C@H](OCc2ccccc2)[C@H]1OC(=O)c1ccccc1. The second-order valence-corrected chi connectivity index (χ2v) is 36.4. The molecule has 0 spiro atoms. The van der Waals surface area contributed by atoms with E-state index in [2.05, 4.69) is 45.0 Å². The van der Waals surface area contributed by atoms with Crippen LogP contribution in [0.5, 0.6) is 0 Å². The largest absolute Gasteiger partial charge is 0.469 e. The van der Waals surface area contributed by atoms with Crippen molar-refractivity contribution in [3.8, 4) is 0 Å². The van der Waals surface area contributed by atoms with Gasteiger partial charge in [0.1, 0.15) is 55.4 Å². The first kappa shape index (κ1) is 91.0. The molecule has 0 amide bonds. The number of rotatable bonds is 44. The molecule has 0 unspecified atom stereocenters. The lowest BCUT2D eigenvalue weighted by Crippen LogP contribution is -2.69. The van der Waals surface area contributed by atoms with E-state index in [0.29, 0.717) is 12.8 Å². The molecule has 21 nitrogen and oxygen atoms in total. The third-order valence-electron chi connectivity index (χ3n) is 22.4. The summed E-state index contributed by atoms with van der Waals surface area (Å²) in [4.78, 5) is 70.7. The average molecular weight is 1700 g/mol. The van der Waals surface area contributed by atoms with Crippen LogP contribution >= 0.6 is 0 Å². The molecule has 10 aromatic carbocycles. The number of esters is 5. The van der Waals surface area contributed by atoms with Crippen molar-refractivity contribution >= 4 is 48.5 Å². The Hall–Kier alpha value is -10.7. The Morgan fingerprint density at radius 1 is 0.306 bits per heavy atom. The normalized spacial score (nSPS) is 22.0. The fourth-order valence-corrected chi connectivity index (χ4v) is 20.5. The van der Waals surface area contributed by atoms with Crippen LogP contribution in [0.25, 0.3) is 0 Å². The average Bonchev–Trinajstić information content (AvgIpc) is 1.47. The number of hydrogen-bond acceptors (Lipinski definition) is 21. The summed E-state index contributed by atoms with van der Waals surface area (Å²) in [6.07, 6.45) is -10.4. The van der Waals surface area contributed by atoms with Gasteiger partial charge in [-0.2, -0.15) is 0 Å². The van der Waals surface area contributed by atoms with Crippen molar-refractivity contribution in [2.45, 2.75) is 202 Å². The van der Waals surface area contributed by atoms with Gasteiger partial charge in [0.2, 0.25) is 0 Å². The van der Waals surface area contributed by atoms with E-state index in [-0.39, 0.29) is 67.9 Å². The number of carbonyl (C=O) groups is 5. The maximum atomic E-state index is 15.1. The molecular weight excluding hydrogens is 1590 g/mol. The molecule has 124 heavy (non-hydrogen) atoms. The molecule has 3 saturated heterocycles. The van der Waals surface area contributed by atoms with Gasteiger partial charge >= 0.3 is 29.8 Å². The Labute approximate surface area is 727 Å². The summed E-state index contributed by atoms with van der Waals surface area (Å²) in [6, 6.07) is 92.9. The van der Waals surface area contributed by atoms with Crippen molar-refractivity contribution < 1.29 is 99.5 Å². The Kier molecular flexibility index (Phi) is 34.4. The molecule has 650 valence electrons. The topological polar surface area (TPSA) is 233 Å². The van der Waals surface area contributed by atoms with Crippen molar-refractivity contribution in [2.75, 3.05) is 33.5 Å². The molecule has 3 aliphatic heterocycles. The highest BCUT2D eigenvalue weighted by Gasteiger charge is 2.59. The Balaban J connectivity index is 0.939. The first-order chi connectivity index (χ1) is 60.7. The third kappa shape index (κ3) is 25.3. The molecule has 0 aromatic heterocycles. The fourth-order valence-electron chi connectivity index (χ4n) is 16.0. The highest BCUT2D eigenvalue weighted by atomic mass is 28.4. The van der Waals surface area contributed by atoms with Crippen LogP contribution in [-0.2, 0) is 107 Å². The van der Waals surface area contributed by atoms with Crippen LogP contribution in [0.3, 0.4) is 0 Å². The summed E-state index contributed by atoms with van der Waals surface area (Å²) in [5.41, 5.74) is 4.04. The van der Waals surface area contributed by atoms with E-state index in [0.717, 1.165) is 84.0 Å². The zero-order valence-electron chi connectivity index (χ0n) is 70.8. The molecule has 3 fully saturated rings. The van der Waals surface area contributed by atoms with Crippen LogP contribution in [0, 0.1) is 0 Å². The van der Waals surface area contributed by atoms with Crippen LogP contribution in [0.15, 0.2) is 303 Å². The maximum absolute atomic E-state index is 15.1. The number of carbonyl (C=O) groups excluding carboxylic acids is 5. The van der Waals surface area contributed by atoms with E-state index in [1.807, 2.05) is 164 Å². The maximum Gasteiger partial charge on any atom is 0.338 e. The number of benzene rings is 10. The van der Waals surface area contributed by atoms with E-state index in [1.54, 1.807) is 115 Å². The molecule has 0 bridgehead atoms. The van der Waals surface area contributed by atoms with Gasteiger partial charge in [-0.25, -0.2) is 19.2 Å². The van der Waals surface area contributed by atoms with E-state index >= 15 is 4.79 Å². The van der Waals surface area contributed by atoms with Gasteiger partial charge in [-0.15, -0.1) is 0 Å². The molecule has 0 N–H and O–H groups in total. The summed E-state index contributed by atoms with van der Waals surface area (Å²) >= 11 is 0. The molecule has 0 radical (unpaired) electrons. The van der Waals surface area contributed by atoms with Gasteiger partial charge in [-0.3, -0.25) is 4.79 Å². The van der Waals surface area contributed by atoms with Gasteiger partial charge in [-0.1, -0.05) is 321 Å². The predicted molar refractivity (Wildman–Crippen MR) is 468 cm³/mol. The smallest absolute Gasteiger partial charge is 0.338 e. The number of hydrogen-bond donors (Lipinski definition) is 0. The third-order valence-corrected chi connectivity index (χ3v) is 27.4. The van der Waals surface area contributed by atoms with Crippen LogP contribution in [0.1, 0.15) is 149 Å². The minimum absolute atomic E-state index is 0.0244. The number of methoxy groups -OCH3 is 1. The van der Waals surface area contributed by atoms with Crippen molar-refractivity contribution in [3.63, 3.8) is 0 Å². The molecule has 3 aliphatic rings. The van der Waals surface area contributed by atoms with Crippen LogP contribution in [0.4, 0.5) is 0 Å². The molecule has 3 heterocycles. The van der Waals surface area contributed by atoms with Crippen molar-refractivity contribution in [1.29, 1.82) is 0 Å². The van der Waals surface area contributed by atoms with Crippen LogP contribution < -0.4 is 10.4 Å². The second-order valence-electron chi connectivity index (χ2n) is 32.1. The minimum atomic E-state index is -3.47. The van der Waals surface area contributed by atoms with Gasteiger partial charge in [0.05, 0.1) is 69.0 Å². The van der Waals surface area contributed by atoms with E-state index < -0.39 is 136 Å².